The first kappa shape index (κ1) is 9.34. The van der Waals surface area contributed by atoms with Crippen molar-refractivity contribution in [1.29, 1.82) is 0 Å². The number of halogens is 1. The fourth-order valence-electron chi connectivity index (χ4n) is 1.39. The van der Waals surface area contributed by atoms with E-state index in [0.29, 0.717) is 4.47 Å². The maximum Gasteiger partial charge on any atom is 0.137 e. The highest BCUT2D eigenvalue weighted by Gasteiger charge is 2.04. The Morgan fingerprint density at radius 1 is 1.21 bits per heavy atom. The number of benzene rings is 2. The average Bonchev–Trinajstić information content (AvgIpc) is 2.23. The summed E-state index contributed by atoms with van der Waals surface area (Å²) in [5.41, 5.74) is 0. The molecule has 0 spiro atoms. The van der Waals surface area contributed by atoms with Crippen LogP contribution in [0.25, 0.3) is 10.8 Å². The third-order valence-electron chi connectivity index (χ3n) is 2.15. The van der Waals surface area contributed by atoms with E-state index in [9.17, 15) is 5.11 Å². The molecule has 1 N–H and O–H groups in total. The molecule has 0 aliphatic carbocycles. The van der Waals surface area contributed by atoms with Gasteiger partial charge in [-0.1, -0.05) is 6.07 Å². The van der Waals surface area contributed by atoms with E-state index in [1.165, 1.54) is 0 Å². The van der Waals surface area contributed by atoms with Crippen LogP contribution in [0, 0.1) is 0 Å². The molecular weight excluding hydrogens is 244 g/mol. The summed E-state index contributed by atoms with van der Waals surface area (Å²) in [6.07, 6.45) is 0. The van der Waals surface area contributed by atoms with Gasteiger partial charge in [-0.05, 0) is 45.6 Å². The van der Waals surface area contributed by atoms with Crippen molar-refractivity contribution in [2.24, 2.45) is 0 Å². The van der Waals surface area contributed by atoms with Gasteiger partial charge in [0.05, 0.1) is 11.6 Å². The zero-order chi connectivity index (χ0) is 10.1. The second kappa shape index (κ2) is 3.50. The summed E-state index contributed by atoms with van der Waals surface area (Å²) in [7, 11) is 1.62. The predicted octanol–water partition coefficient (Wildman–Crippen LogP) is 3.32. The number of rotatable bonds is 1. The monoisotopic (exact) mass is 252 g/mol. The van der Waals surface area contributed by atoms with E-state index in [4.69, 9.17) is 4.74 Å². The van der Waals surface area contributed by atoms with Crippen molar-refractivity contribution < 1.29 is 9.84 Å². The van der Waals surface area contributed by atoms with Crippen LogP contribution < -0.4 is 4.74 Å². The molecular formula is C11H9BrO2. The van der Waals surface area contributed by atoms with Crippen LogP contribution in [0.15, 0.2) is 34.8 Å². The maximum absolute atomic E-state index is 9.73. The zero-order valence-corrected chi connectivity index (χ0v) is 9.21. The van der Waals surface area contributed by atoms with Gasteiger partial charge >= 0.3 is 0 Å². The molecule has 0 saturated carbocycles. The third kappa shape index (κ3) is 1.44. The molecule has 0 radical (unpaired) electrons. The molecule has 2 aromatic carbocycles. The number of fused-ring (bicyclic) bond motifs is 1. The first-order chi connectivity index (χ1) is 6.72. The standard InChI is InChI=1S/C11H9BrO2/c1-14-8-3-4-9-7(6-8)2-5-10(12)11(9)13/h2-6,13H,1H3. The fourth-order valence-corrected chi connectivity index (χ4v) is 1.74. The van der Waals surface area contributed by atoms with Crippen LogP contribution in [-0.4, -0.2) is 12.2 Å². The van der Waals surface area contributed by atoms with Crippen LogP contribution in [0.2, 0.25) is 0 Å². The van der Waals surface area contributed by atoms with Gasteiger partial charge in [0.1, 0.15) is 11.5 Å². The summed E-state index contributed by atoms with van der Waals surface area (Å²) in [5, 5.41) is 11.5. The summed E-state index contributed by atoms with van der Waals surface area (Å²) in [4.78, 5) is 0. The molecule has 0 saturated heterocycles. The van der Waals surface area contributed by atoms with E-state index in [-0.39, 0.29) is 5.75 Å². The third-order valence-corrected chi connectivity index (χ3v) is 2.79. The largest absolute Gasteiger partial charge is 0.506 e. The molecule has 0 heterocycles. The highest BCUT2D eigenvalue weighted by atomic mass is 79.9. The van der Waals surface area contributed by atoms with Gasteiger partial charge in [0.2, 0.25) is 0 Å². The summed E-state index contributed by atoms with van der Waals surface area (Å²) < 4.78 is 5.80. The van der Waals surface area contributed by atoms with Crippen LogP contribution in [0.1, 0.15) is 0 Å². The van der Waals surface area contributed by atoms with Crippen molar-refractivity contribution in [3.8, 4) is 11.5 Å². The highest BCUT2D eigenvalue weighted by molar-refractivity contribution is 9.10. The normalized spacial score (nSPS) is 10.4. The molecule has 2 rings (SSSR count). The Balaban J connectivity index is 2.74. The van der Waals surface area contributed by atoms with E-state index in [2.05, 4.69) is 15.9 Å². The Hall–Kier alpha value is -1.22. The highest BCUT2D eigenvalue weighted by Crippen LogP contribution is 2.33. The fraction of sp³-hybridized carbons (Fsp3) is 0.0909. The van der Waals surface area contributed by atoms with E-state index in [0.717, 1.165) is 16.5 Å². The smallest absolute Gasteiger partial charge is 0.137 e. The van der Waals surface area contributed by atoms with Crippen LogP contribution in [0.5, 0.6) is 11.5 Å². The second-order valence-corrected chi connectivity index (χ2v) is 3.84. The average molecular weight is 253 g/mol. The van der Waals surface area contributed by atoms with Crippen molar-refractivity contribution in [2.45, 2.75) is 0 Å². The molecule has 0 aliphatic rings. The summed E-state index contributed by atoms with van der Waals surface area (Å²) in [6.45, 7) is 0. The number of phenols is 1. The molecule has 0 unspecified atom stereocenters. The lowest BCUT2D eigenvalue weighted by Crippen LogP contribution is -1.82. The number of hydrogen-bond donors (Lipinski definition) is 1. The number of ether oxygens (including phenoxy) is 1. The predicted molar refractivity (Wildman–Crippen MR) is 59.9 cm³/mol. The van der Waals surface area contributed by atoms with Gasteiger partial charge in [-0.15, -0.1) is 0 Å². The lowest BCUT2D eigenvalue weighted by molar-refractivity contribution is 0.415. The van der Waals surface area contributed by atoms with Gasteiger partial charge < -0.3 is 9.84 Å². The van der Waals surface area contributed by atoms with E-state index < -0.39 is 0 Å². The van der Waals surface area contributed by atoms with E-state index >= 15 is 0 Å². The molecule has 0 amide bonds. The van der Waals surface area contributed by atoms with Gasteiger partial charge in [0.15, 0.2) is 0 Å². The maximum atomic E-state index is 9.73. The molecule has 0 aliphatic heterocycles. The summed E-state index contributed by atoms with van der Waals surface area (Å²) >= 11 is 3.27. The molecule has 72 valence electrons. The molecule has 0 atom stereocenters. The molecule has 2 nitrogen and oxygen atoms in total. The van der Waals surface area contributed by atoms with Crippen LogP contribution in [0.3, 0.4) is 0 Å². The molecule has 0 bridgehead atoms. The van der Waals surface area contributed by atoms with Crippen molar-refractivity contribution in [2.75, 3.05) is 7.11 Å². The minimum atomic E-state index is 0.269. The Bertz CT molecular complexity index is 480. The lowest BCUT2D eigenvalue weighted by atomic mass is 10.1. The zero-order valence-electron chi connectivity index (χ0n) is 7.62. The first-order valence-electron chi connectivity index (χ1n) is 4.17. The minimum absolute atomic E-state index is 0.269. The van der Waals surface area contributed by atoms with Gasteiger partial charge in [-0.25, -0.2) is 0 Å². The van der Waals surface area contributed by atoms with Crippen molar-refractivity contribution >= 4 is 26.7 Å². The number of aromatic hydroxyl groups is 1. The van der Waals surface area contributed by atoms with Crippen LogP contribution in [-0.2, 0) is 0 Å². The quantitative estimate of drug-likeness (QED) is 0.844. The minimum Gasteiger partial charge on any atom is -0.506 e. The van der Waals surface area contributed by atoms with Crippen molar-refractivity contribution in [1.82, 2.24) is 0 Å². The van der Waals surface area contributed by atoms with E-state index in [1.54, 1.807) is 7.11 Å². The molecule has 14 heavy (non-hydrogen) atoms. The Morgan fingerprint density at radius 2 is 2.00 bits per heavy atom. The second-order valence-electron chi connectivity index (χ2n) is 2.98. The lowest BCUT2D eigenvalue weighted by Gasteiger charge is -2.05. The molecule has 0 aromatic heterocycles. The number of phenolic OH excluding ortho intramolecular Hbond substituents is 1. The number of methoxy groups -OCH3 is 1. The van der Waals surface area contributed by atoms with E-state index in [1.807, 2.05) is 30.3 Å². The van der Waals surface area contributed by atoms with Gasteiger partial charge in [0, 0.05) is 5.39 Å². The summed E-state index contributed by atoms with van der Waals surface area (Å²) in [5.74, 6) is 1.06. The topological polar surface area (TPSA) is 29.5 Å². The summed E-state index contributed by atoms with van der Waals surface area (Å²) in [6, 6.07) is 9.31. The van der Waals surface area contributed by atoms with Crippen molar-refractivity contribution in [3.63, 3.8) is 0 Å². The Kier molecular flexibility index (Phi) is 2.33. The Labute approximate surface area is 90.3 Å². The first-order valence-corrected chi connectivity index (χ1v) is 4.97. The van der Waals surface area contributed by atoms with Gasteiger partial charge in [-0.2, -0.15) is 0 Å². The van der Waals surface area contributed by atoms with Crippen molar-refractivity contribution in [3.05, 3.63) is 34.8 Å². The van der Waals surface area contributed by atoms with Crippen LogP contribution in [0.4, 0.5) is 0 Å². The Morgan fingerprint density at radius 3 is 2.71 bits per heavy atom. The SMILES string of the molecule is COc1ccc2c(O)c(Br)ccc2c1. The molecule has 2 aromatic rings. The van der Waals surface area contributed by atoms with Gasteiger partial charge in [-0.3, -0.25) is 0 Å². The molecule has 3 heteroatoms. The number of hydrogen-bond acceptors (Lipinski definition) is 2. The molecule has 0 fully saturated rings. The van der Waals surface area contributed by atoms with Crippen LogP contribution >= 0.6 is 15.9 Å². The van der Waals surface area contributed by atoms with Gasteiger partial charge in [0.25, 0.3) is 0 Å².